The summed E-state index contributed by atoms with van der Waals surface area (Å²) in [6.45, 7) is 8.20. The van der Waals surface area contributed by atoms with Crippen LogP contribution in [0.25, 0.3) is 0 Å². The third-order valence-corrected chi connectivity index (χ3v) is 4.89. The van der Waals surface area contributed by atoms with Crippen LogP contribution < -0.4 is 0 Å². The Labute approximate surface area is 114 Å². The van der Waals surface area contributed by atoms with Crippen LogP contribution in [0.5, 0.6) is 0 Å². The highest BCUT2D eigenvalue weighted by atomic mass is 19.1. The lowest BCUT2D eigenvalue weighted by Gasteiger charge is -2.32. The molecule has 0 bridgehead atoms. The lowest BCUT2D eigenvalue weighted by atomic mass is 9.64. The van der Waals surface area contributed by atoms with Crippen molar-refractivity contribution in [3.8, 4) is 0 Å². The monoisotopic (exact) mass is 262 g/mol. The molecular formula is C15H20BFO2. The molecule has 1 aliphatic heterocycles. The molecule has 2 fully saturated rings. The van der Waals surface area contributed by atoms with E-state index >= 15 is 0 Å². The smallest absolute Gasteiger partial charge is 0.403 e. The Morgan fingerprint density at radius 3 is 2.11 bits per heavy atom. The van der Waals surface area contributed by atoms with E-state index in [2.05, 4.69) is 27.7 Å². The Bertz CT molecular complexity index is 493. The summed E-state index contributed by atoms with van der Waals surface area (Å²) in [5.41, 5.74) is 0.326. The van der Waals surface area contributed by atoms with Gasteiger partial charge in [-0.2, -0.15) is 0 Å². The number of hydrogen-bond acceptors (Lipinski definition) is 2. The highest BCUT2D eigenvalue weighted by Crippen LogP contribution is 2.55. The molecule has 1 saturated heterocycles. The zero-order valence-electron chi connectivity index (χ0n) is 12.0. The van der Waals surface area contributed by atoms with Crippen LogP contribution in [0.1, 0.15) is 46.1 Å². The van der Waals surface area contributed by atoms with Crippen molar-refractivity contribution in [2.75, 3.05) is 0 Å². The van der Waals surface area contributed by atoms with Crippen LogP contribution in [0.15, 0.2) is 24.3 Å². The van der Waals surface area contributed by atoms with Gasteiger partial charge < -0.3 is 9.31 Å². The fraction of sp³-hybridized carbons (Fsp3) is 0.600. The lowest BCUT2D eigenvalue weighted by Crippen LogP contribution is -2.41. The average molecular weight is 262 g/mol. The van der Waals surface area contributed by atoms with Crippen molar-refractivity contribution in [1.29, 1.82) is 0 Å². The van der Waals surface area contributed by atoms with Crippen LogP contribution in [0, 0.1) is 5.82 Å². The van der Waals surface area contributed by atoms with E-state index in [0.717, 1.165) is 18.4 Å². The van der Waals surface area contributed by atoms with Gasteiger partial charge >= 0.3 is 7.12 Å². The van der Waals surface area contributed by atoms with Gasteiger partial charge in [0.2, 0.25) is 0 Å². The summed E-state index contributed by atoms with van der Waals surface area (Å²) >= 11 is 0. The minimum Gasteiger partial charge on any atom is -0.403 e. The minimum atomic E-state index is -0.333. The van der Waals surface area contributed by atoms with Gasteiger partial charge in [-0.25, -0.2) is 4.39 Å². The van der Waals surface area contributed by atoms with E-state index < -0.39 is 0 Å². The van der Waals surface area contributed by atoms with Crippen molar-refractivity contribution in [3.63, 3.8) is 0 Å². The Morgan fingerprint density at radius 2 is 1.63 bits per heavy atom. The summed E-state index contributed by atoms with van der Waals surface area (Å²) in [5, 5.41) is -0.160. The van der Waals surface area contributed by atoms with Crippen molar-refractivity contribution in [1.82, 2.24) is 0 Å². The molecule has 2 nitrogen and oxygen atoms in total. The van der Waals surface area contributed by atoms with Gasteiger partial charge in [-0.15, -0.1) is 0 Å². The molecule has 0 spiro atoms. The highest BCUT2D eigenvalue weighted by molar-refractivity contribution is 6.51. The summed E-state index contributed by atoms with van der Waals surface area (Å²) in [5.74, 6) is -0.194. The Balaban J connectivity index is 1.92. The molecule has 19 heavy (non-hydrogen) atoms. The van der Waals surface area contributed by atoms with E-state index in [1.165, 1.54) is 6.07 Å². The molecule has 1 heterocycles. The predicted octanol–water partition coefficient (Wildman–Crippen LogP) is 3.49. The normalized spacial score (nSPS) is 26.5. The van der Waals surface area contributed by atoms with Crippen LogP contribution in [0.3, 0.4) is 0 Å². The molecular weight excluding hydrogens is 242 g/mol. The molecule has 1 aromatic rings. The number of hydrogen-bond donors (Lipinski definition) is 0. The van der Waals surface area contributed by atoms with Crippen LogP contribution in [0.4, 0.5) is 4.39 Å². The molecule has 4 heteroatoms. The number of halogens is 1. The Kier molecular flexibility index (Phi) is 2.65. The van der Waals surface area contributed by atoms with Gasteiger partial charge in [0, 0.05) is 5.31 Å². The topological polar surface area (TPSA) is 18.5 Å². The van der Waals surface area contributed by atoms with E-state index in [1.807, 2.05) is 6.07 Å². The second kappa shape index (κ2) is 3.83. The molecule has 0 unspecified atom stereocenters. The van der Waals surface area contributed by atoms with Crippen molar-refractivity contribution in [3.05, 3.63) is 35.6 Å². The molecule has 0 aromatic heterocycles. The molecule has 1 saturated carbocycles. The van der Waals surface area contributed by atoms with E-state index in [-0.39, 0.29) is 29.5 Å². The maximum absolute atomic E-state index is 13.4. The van der Waals surface area contributed by atoms with Gasteiger partial charge in [-0.3, -0.25) is 0 Å². The quantitative estimate of drug-likeness (QED) is 0.759. The van der Waals surface area contributed by atoms with E-state index in [4.69, 9.17) is 9.31 Å². The summed E-state index contributed by atoms with van der Waals surface area (Å²) in [7, 11) is -0.278. The Morgan fingerprint density at radius 1 is 1.05 bits per heavy atom. The molecule has 1 aromatic carbocycles. The second-order valence-electron chi connectivity index (χ2n) is 6.75. The van der Waals surface area contributed by atoms with Crippen LogP contribution in [-0.4, -0.2) is 18.3 Å². The third-order valence-electron chi connectivity index (χ3n) is 4.89. The van der Waals surface area contributed by atoms with Crippen LogP contribution >= 0.6 is 0 Å². The van der Waals surface area contributed by atoms with Gasteiger partial charge in [-0.1, -0.05) is 12.1 Å². The fourth-order valence-corrected chi connectivity index (χ4v) is 2.66. The summed E-state index contributed by atoms with van der Waals surface area (Å²) in [6.07, 6.45) is 1.99. The summed E-state index contributed by atoms with van der Waals surface area (Å²) < 4.78 is 25.7. The van der Waals surface area contributed by atoms with E-state index in [1.54, 1.807) is 12.1 Å². The van der Waals surface area contributed by atoms with Crippen molar-refractivity contribution in [2.24, 2.45) is 0 Å². The molecule has 1 aliphatic carbocycles. The van der Waals surface area contributed by atoms with Gasteiger partial charge in [0.25, 0.3) is 0 Å². The minimum absolute atomic E-state index is 0.160. The van der Waals surface area contributed by atoms with Gasteiger partial charge in [0.15, 0.2) is 0 Å². The zero-order valence-corrected chi connectivity index (χ0v) is 12.0. The van der Waals surface area contributed by atoms with Crippen LogP contribution in [-0.2, 0) is 14.6 Å². The summed E-state index contributed by atoms with van der Waals surface area (Å²) in [6, 6.07) is 6.82. The first-order valence-electron chi connectivity index (χ1n) is 6.89. The molecule has 2 aliphatic rings. The molecule has 0 amide bonds. The standard InChI is InChI=1S/C15H20BFO2/c1-13(2)14(3,4)19-16(18-13)15(8-9-15)11-6-5-7-12(17)10-11/h5-7,10H,8-9H2,1-4H3. The predicted molar refractivity (Wildman–Crippen MR) is 73.4 cm³/mol. The molecule has 0 atom stereocenters. The van der Waals surface area contributed by atoms with Gasteiger partial charge in [0.1, 0.15) is 5.82 Å². The second-order valence-corrected chi connectivity index (χ2v) is 6.75. The maximum atomic E-state index is 13.4. The fourth-order valence-electron chi connectivity index (χ4n) is 2.66. The third kappa shape index (κ3) is 1.93. The van der Waals surface area contributed by atoms with Gasteiger partial charge in [-0.05, 0) is 58.2 Å². The molecule has 3 rings (SSSR count). The number of benzene rings is 1. The largest absolute Gasteiger partial charge is 0.469 e. The lowest BCUT2D eigenvalue weighted by molar-refractivity contribution is 0.00578. The molecule has 0 N–H and O–H groups in total. The SMILES string of the molecule is CC1(C)OB(C2(c3cccc(F)c3)CC2)OC1(C)C. The van der Waals surface area contributed by atoms with Crippen molar-refractivity contribution in [2.45, 2.75) is 57.1 Å². The van der Waals surface area contributed by atoms with Crippen molar-refractivity contribution >= 4 is 7.12 Å². The van der Waals surface area contributed by atoms with Crippen LogP contribution in [0.2, 0.25) is 0 Å². The first-order chi connectivity index (χ1) is 8.77. The summed E-state index contributed by atoms with van der Waals surface area (Å²) in [4.78, 5) is 0. The highest BCUT2D eigenvalue weighted by Gasteiger charge is 2.65. The molecule has 102 valence electrons. The van der Waals surface area contributed by atoms with E-state index in [9.17, 15) is 4.39 Å². The molecule has 0 radical (unpaired) electrons. The first kappa shape index (κ1) is 13.1. The first-order valence-corrected chi connectivity index (χ1v) is 6.89. The van der Waals surface area contributed by atoms with Crippen molar-refractivity contribution < 1.29 is 13.7 Å². The van der Waals surface area contributed by atoms with E-state index in [0.29, 0.717) is 0 Å². The van der Waals surface area contributed by atoms with Gasteiger partial charge in [0.05, 0.1) is 11.2 Å². The Hall–Kier alpha value is -0.865. The average Bonchev–Trinajstić information content (AvgIpc) is 3.04. The number of rotatable bonds is 2. The maximum Gasteiger partial charge on any atom is 0.469 e. The zero-order chi connectivity index (χ0) is 13.9.